The molecule has 0 unspecified atom stereocenters. The predicted octanol–water partition coefficient (Wildman–Crippen LogP) is 4.35. The molecule has 2 atom stereocenters. The largest absolute Gasteiger partial charge is 0.497 e. The van der Waals surface area contributed by atoms with Gasteiger partial charge in [0.1, 0.15) is 11.8 Å². The summed E-state index contributed by atoms with van der Waals surface area (Å²) in [5.41, 5.74) is 2.69. The molecule has 9 nitrogen and oxygen atoms in total. The molecule has 3 aromatic rings. The first-order valence-electron chi connectivity index (χ1n) is 15.8. The molecule has 0 saturated carbocycles. The lowest BCUT2D eigenvalue weighted by Crippen LogP contribution is -2.51. The SMILES string of the molecule is COc1ccc(CN(C(=O)CCc2ccc(S(=O)(=O)N3CCCC3)cc2)[C@H](Cc2ccccc2)C(=O)NC[C@@H]2CCCO2)cc1. The van der Waals surface area contributed by atoms with Crippen molar-refractivity contribution in [1.82, 2.24) is 14.5 Å². The number of nitrogens with zero attached hydrogens (tertiary/aromatic N) is 2. The van der Waals surface area contributed by atoms with E-state index in [1.165, 1.54) is 4.31 Å². The van der Waals surface area contributed by atoms with Crippen LogP contribution in [0.1, 0.15) is 48.8 Å². The van der Waals surface area contributed by atoms with Gasteiger partial charge in [-0.25, -0.2) is 8.42 Å². The highest BCUT2D eigenvalue weighted by Crippen LogP contribution is 2.23. The molecule has 2 fully saturated rings. The van der Waals surface area contributed by atoms with Crippen LogP contribution in [0.3, 0.4) is 0 Å². The highest BCUT2D eigenvalue weighted by molar-refractivity contribution is 7.89. The molecule has 2 saturated heterocycles. The molecule has 0 bridgehead atoms. The Morgan fingerprint density at radius 1 is 0.933 bits per heavy atom. The molecule has 2 heterocycles. The third-order valence-corrected chi connectivity index (χ3v) is 10.5. The summed E-state index contributed by atoms with van der Waals surface area (Å²) in [6.45, 7) is 2.45. The van der Waals surface area contributed by atoms with E-state index in [0.29, 0.717) is 44.8 Å². The lowest BCUT2D eigenvalue weighted by molar-refractivity contribution is -0.141. The Morgan fingerprint density at radius 2 is 1.62 bits per heavy atom. The Labute approximate surface area is 266 Å². The summed E-state index contributed by atoms with van der Waals surface area (Å²) in [7, 11) is -1.90. The van der Waals surface area contributed by atoms with Crippen molar-refractivity contribution >= 4 is 21.8 Å². The minimum absolute atomic E-state index is 0.0191. The zero-order valence-corrected chi connectivity index (χ0v) is 26.7. The minimum Gasteiger partial charge on any atom is -0.497 e. The second-order valence-corrected chi connectivity index (χ2v) is 13.6. The van der Waals surface area contributed by atoms with E-state index < -0.39 is 16.1 Å². The third kappa shape index (κ3) is 8.71. The van der Waals surface area contributed by atoms with Crippen LogP contribution >= 0.6 is 0 Å². The molecular weight excluding hydrogens is 590 g/mol. The lowest BCUT2D eigenvalue weighted by atomic mass is 10.0. The fraction of sp³-hybridized carbons (Fsp3) is 0.429. The number of ether oxygens (including phenoxy) is 2. The van der Waals surface area contributed by atoms with Crippen LogP contribution < -0.4 is 10.1 Å². The molecule has 5 rings (SSSR count). The molecule has 2 aliphatic heterocycles. The van der Waals surface area contributed by atoms with Gasteiger partial charge < -0.3 is 19.7 Å². The molecule has 0 aromatic heterocycles. The second kappa shape index (κ2) is 15.5. The Bertz CT molecular complexity index is 1500. The monoisotopic (exact) mass is 633 g/mol. The van der Waals surface area contributed by atoms with Crippen molar-refractivity contribution in [3.05, 3.63) is 95.6 Å². The van der Waals surface area contributed by atoms with Crippen LogP contribution in [0.25, 0.3) is 0 Å². The van der Waals surface area contributed by atoms with Crippen molar-refractivity contribution in [2.75, 3.05) is 33.4 Å². The first-order chi connectivity index (χ1) is 21.8. The topological polar surface area (TPSA) is 105 Å². The number of nitrogens with one attached hydrogen (secondary N) is 1. The molecule has 3 aromatic carbocycles. The lowest BCUT2D eigenvalue weighted by Gasteiger charge is -2.32. The van der Waals surface area contributed by atoms with Gasteiger partial charge in [0.15, 0.2) is 0 Å². The number of hydrogen-bond acceptors (Lipinski definition) is 6. The first kappa shape index (κ1) is 32.7. The standard InChI is InChI=1S/C35H43N3O6S/c1-43-30-16-11-29(12-17-30)26-38(33(24-28-8-3-2-4-9-28)35(40)36-25-31-10-7-23-44-31)34(39)20-15-27-13-18-32(19-14-27)45(41,42)37-21-5-6-22-37/h2-4,8-9,11-14,16-19,31,33H,5-7,10,15,20-26H2,1H3,(H,36,40)/t31-,33+/m0/s1. The number of methoxy groups -OCH3 is 1. The van der Waals surface area contributed by atoms with Gasteiger partial charge in [-0.15, -0.1) is 0 Å². The number of carbonyl (C=O) groups excluding carboxylic acids is 2. The van der Waals surface area contributed by atoms with Gasteiger partial charge in [0.25, 0.3) is 0 Å². The number of aryl methyl sites for hydroxylation is 1. The molecule has 240 valence electrons. The van der Waals surface area contributed by atoms with Gasteiger partial charge in [-0.2, -0.15) is 4.31 Å². The van der Waals surface area contributed by atoms with Crippen molar-refractivity contribution in [2.24, 2.45) is 0 Å². The summed E-state index contributed by atoms with van der Waals surface area (Å²) in [6.07, 6.45) is 4.56. The Morgan fingerprint density at radius 3 is 2.27 bits per heavy atom. The summed E-state index contributed by atoms with van der Waals surface area (Å²) in [6, 6.07) is 23.3. The van der Waals surface area contributed by atoms with Crippen molar-refractivity contribution in [1.29, 1.82) is 0 Å². The molecule has 0 radical (unpaired) electrons. The third-order valence-electron chi connectivity index (χ3n) is 8.56. The average molecular weight is 634 g/mol. The van der Waals surface area contributed by atoms with Gasteiger partial charge in [0.05, 0.1) is 18.1 Å². The van der Waals surface area contributed by atoms with Crippen LogP contribution in [-0.4, -0.2) is 74.9 Å². The fourth-order valence-corrected chi connectivity index (χ4v) is 7.44. The van der Waals surface area contributed by atoms with Crippen molar-refractivity contribution < 1.29 is 27.5 Å². The highest BCUT2D eigenvalue weighted by atomic mass is 32.2. The quantitative estimate of drug-likeness (QED) is 0.283. The van der Waals surface area contributed by atoms with E-state index >= 15 is 0 Å². The molecule has 1 N–H and O–H groups in total. The van der Waals surface area contributed by atoms with E-state index in [9.17, 15) is 18.0 Å². The van der Waals surface area contributed by atoms with E-state index in [2.05, 4.69) is 5.32 Å². The maximum Gasteiger partial charge on any atom is 0.243 e. The summed E-state index contributed by atoms with van der Waals surface area (Å²) < 4.78 is 38.5. The van der Waals surface area contributed by atoms with Gasteiger partial charge >= 0.3 is 0 Å². The molecule has 0 spiro atoms. The molecule has 10 heteroatoms. The zero-order valence-electron chi connectivity index (χ0n) is 25.9. The van der Waals surface area contributed by atoms with Crippen LogP contribution in [0.5, 0.6) is 5.75 Å². The van der Waals surface area contributed by atoms with Gasteiger partial charge in [0.2, 0.25) is 21.8 Å². The number of amides is 2. The van der Waals surface area contributed by atoms with Crippen molar-refractivity contribution in [3.63, 3.8) is 0 Å². The maximum atomic E-state index is 14.0. The average Bonchev–Trinajstić information content (AvgIpc) is 3.81. The van der Waals surface area contributed by atoms with Gasteiger partial charge in [-0.3, -0.25) is 9.59 Å². The zero-order chi connectivity index (χ0) is 31.6. The molecular formula is C35H43N3O6S. The number of hydrogen-bond donors (Lipinski definition) is 1. The van der Waals surface area contributed by atoms with Gasteiger partial charge in [-0.1, -0.05) is 54.6 Å². The number of carbonyl (C=O) groups is 2. The van der Waals surface area contributed by atoms with Crippen LogP contribution in [0.2, 0.25) is 0 Å². The Hall–Kier alpha value is -3.73. The summed E-state index contributed by atoms with van der Waals surface area (Å²) in [5, 5.41) is 3.06. The Kier molecular flexibility index (Phi) is 11.3. The van der Waals surface area contributed by atoms with Crippen molar-refractivity contribution in [3.8, 4) is 5.75 Å². The van der Waals surface area contributed by atoms with Crippen LogP contribution in [-0.2, 0) is 43.7 Å². The fourth-order valence-electron chi connectivity index (χ4n) is 5.92. The van der Waals surface area contributed by atoms with Crippen LogP contribution in [0.4, 0.5) is 0 Å². The number of benzene rings is 3. The highest BCUT2D eigenvalue weighted by Gasteiger charge is 2.31. The smallest absolute Gasteiger partial charge is 0.243 e. The van der Waals surface area contributed by atoms with E-state index in [1.807, 2.05) is 54.6 Å². The summed E-state index contributed by atoms with van der Waals surface area (Å²) >= 11 is 0. The summed E-state index contributed by atoms with van der Waals surface area (Å²) in [5.74, 6) is 0.336. The molecule has 2 amide bonds. The molecule has 45 heavy (non-hydrogen) atoms. The van der Waals surface area contributed by atoms with Crippen LogP contribution in [0, 0.1) is 0 Å². The van der Waals surface area contributed by atoms with E-state index in [4.69, 9.17) is 9.47 Å². The second-order valence-electron chi connectivity index (χ2n) is 11.7. The van der Waals surface area contributed by atoms with E-state index in [1.54, 1.807) is 36.3 Å². The summed E-state index contributed by atoms with van der Waals surface area (Å²) in [4.78, 5) is 29.8. The van der Waals surface area contributed by atoms with Crippen LogP contribution in [0.15, 0.2) is 83.8 Å². The predicted molar refractivity (Wildman–Crippen MR) is 172 cm³/mol. The van der Waals surface area contributed by atoms with Crippen molar-refractivity contribution in [2.45, 2.75) is 68.5 Å². The number of rotatable bonds is 14. The normalized spacial score (nSPS) is 17.6. The van der Waals surface area contributed by atoms with Gasteiger partial charge in [0, 0.05) is 45.6 Å². The first-order valence-corrected chi connectivity index (χ1v) is 17.2. The maximum absolute atomic E-state index is 14.0. The van der Waals surface area contributed by atoms with E-state index in [-0.39, 0.29) is 35.8 Å². The molecule has 2 aliphatic rings. The van der Waals surface area contributed by atoms with E-state index in [0.717, 1.165) is 42.4 Å². The van der Waals surface area contributed by atoms with Gasteiger partial charge in [-0.05, 0) is 73.1 Å². The Balaban J connectivity index is 1.35. The number of sulfonamides is 1. The minimum atomic E-state index is -3.51. The molecule has 0 aliphatic carbocycles.